The summed E-state index contributed by atoms with van der Waals surface area (Å²) in [5, 5.41) is 5.66. The predicted octanol–water partition coefficient (Wildman–Crippen LogP) is 2.09. The van der Waals surface area contributed by atoms with E-state index in [-0.39, 0.29) is 12.1 Å². The van der Waals surface area contributed by atoms with Crippen molar-refractivity contribution in [2.75, 3.05) is 17.5 Å². The van der Waals surface area contributed by atoms with E-state index in [1.807, 2.05) is 26.0 Å². The van der Waals surface area contributed by atoms with Gasteiger partial charge < -0.3 is 10.6 Å². The van der Waals surface area contributed by atoms with Gasteiger partial charge in [-0.25, -0.2) is 13.2 Å². The van der Waals surface area contributed by atoms with Gasteiger partial charge in [0.1, 0.15) is 0 Å². The first-order chi connectivity index (χ1) is 10.3. The zero-order valence-electron chi connectivity index (χ0n) is 13.3. The molecule has 0 saturated heterocycles. The molecule has 0 aliphatic carbocycles. The third-order valence-corrected chi connectivity index (χ3v) is 3.78. The van der Waals surface area contributed by atoms with Crippen molar-refractivity contribution in [3.8, 4) is 0 Å². The molecule has 1 rings (SSSR count). The average molecular weight is 327 g/mol. The van der Waals surface area contributed by atoms with Crippen LogP contribution in [-0.2, 0) is 16.4 Å². The van der Waals surface area contributed by atoms with E-state index in [2.05, 4.69) is 15.4 Å². The van der Waals surface area contributed by atoms with E-state index >= 15 is 0 Å². The highest BCUT2D eigenvalue weighted by Gasteiger charge is 2.04. The third kappa shape index (κ3) is 7.87. The van der Waals surface area contributed by atoms with Crippen LogP contribution in [0.4, 0.5) is 10.5 Å². The van der Waals surface area contributed by atoms with Gasteiger partial charge in [-0.15, -0.1) is 0 Å². The average Bonchev–Trinajstić information content (AvgIpc) is 2.43. The Morgan fingerprint density at radius 1 is 1.23 bits per heavy atom. The summed E-state index contributed by atoms with van der Waals surface area (Å²) in [6.45, 7) is 4.59. The fourth-order valence-electron chi connectivity index (χ4n) is 1.82. The summed E-state index contributed by atoms with van der Waals surface area (Å²) in [5.74, 6) is 0. The summed E-state index contributed by atoms with van der Waals surface area (Å²) in [4.78, 5) is 11.5. The van der Waals surface area contributed by atoms with Crippen molar-refractivity contribution in [2.24, 2.45) is 0 Å². The number of benzene rings is 1. The van der Waals surface area contributed by atoms with Crippen LogP contribution in [0.1, 0.15) is 32.3 Å². The summed E-state index contributed by atoms with van der Waals surface area (Å²) in [6, 6.07) is 7.27. The van der Waals surface area contributed by atoms with Crippen LogP contribution in [0.25, 0.3) is 0 Å². The van der Waals surface area contributed by atoms with Crippen LogP contribution in [-0.4, -0.2) is 33.3 Å². The van der Waals surface area contributed by atoms with Crippen molar-refractivity contribution in [1.82, 2.24) is 10.6 Å². The molecule has 0 aliphatic heterocycles. The maximum absolute atomic E-state index is 11.5. The second-order valence-electron chi connectivity index (χ2n) is 5.38. The SMILES string of the molecule is CCC(C)NC(=O)NCCCc1ccc(NS(C)(=O)=O)cc1. The van der Waals surface area contributed by atoms with Gasteiger partial charge in [0, 0.05) is 18.3 Å². The molecule has 0 aliphatic rings. The summed E-state index contributed by atoms with van der Waals surface area (Å²) in [5.41, 5.74) is 1.65. The zero-order valence-corrected chi connectivity index (χ0v) is 14.2. The first kappa shape index (κ1) is 18.3. The van der Waals surface area contributed by atoms with Gasteiger partial charge in [0.15, 0.2) is 0 Å². The van der Waals surface area contributed by atoms with Crippen LogP contribution < -0.4 is 15.4 Å². The minimum Gasteiger partial charge on any atom is -0.338 e. The number of hydrogen-bond donors (Lipinski definition) is 3. The molecule has 2 amide bonds. The van der Waals surface area contributed by atoms with Crippen molar-refractivity contribution >= 4 is 21.7 Å². The standard InChI is InChI=1S/C15H25N3O3S/c1-4-12(2)17-15(19)16-11-5-6-13-7-9-14(10-8-13)18-22(3,20)21/h7-10,12,18H,4-6,11H2,1-3H3,(H2,16,17,19). The van der Waals surface area contributed by atoms with Crippen molar-refractivity contribution in [1.29, 1.82) is 0 Å². The molecule has 22 heavy (non-hydrogen) atoms. The van der Waals surface area contributed by atoms with Crippen LogP contribution in [0, 0.1) is 0 Å². The lowest BCUT2D eigenvalue weighted by atomic mass is 10.1. The lowest BCUT2D eigenvalue weighted by Crippen LogP contribution is -2.40. The lowest BCUT2D eigenvalue weighted by Gasteiger charge is -2.12. The van der Waals surface area contributed by atoms with Gasteiger partial charge in [0.25, 0.3) is 0 Å². The largest absolute Gasteiger partial charge is 0.338 e. The lowest BCUT2D eigenvalue weighted by molar-refractivity contribution is 0.237. The minimum absolute atomic E-state index is 0.137. The number of urea groups is 1. The second-order valence-corrected chi connectivity index (χ2v) is 7.13. The molecule has 1 atom stereocenters. The Kier molecular flexibility index (Phi) is 7.17. The molecule has 0 aromatic heterocycles. The van der Waals surface area contributed by atoms with Crippen molar-refractivity contribution < 1.29 is 13.2 Å². The van der Waals surface area contributed by atoms with Gasteiger partial charge in [-0.3, -0.25) is 4.72 Å². The van der Waals surface area contributed by atoms with E-state index in [9.17, 15) is 13.2 Å². The highest BCUT2D eigenvalue weighted by molar-refractivity contribution is 7.92. The monoisotopic (exact) mass is 327 g/mol. The fraction of sp³-hybridized carbons (Fsp3) is 0.533. The number of carbonyl (C=O) groups excluding carboxylic acids is 1. The summed E-state index contributed by atoms with van der Waals surface area (Å²) in [6.07, 6.45) is 3.67. The van der Waals surface area contributed by atoms with Gasteiger partial charge >= 0.3 is 6.03 Å². The maximum Gasteiger partial charge on any atom is 0.314 e. The zero-order chi connectivity index (χ0) is 16.6. The number of nitrogens with one attached hydrogen (secondary N) is 3. The number of anilines is 1. The van der Waals surface area contributed by atoms with Gasteiger partial charge in [0.05, 0.1) is 6.26 Å². The highest BCUT2D eigenvalue weighted by atomic mass is 32.2. The Morgan fingerprint density at radius 2 is 1.86 bits per heavy atom. The Hall–Kier alpha value is -1.76. The Morgan fingerprint density at radius 3 is 2.41 bits per heavy atom. The van der Waals surface area contributed by atoms with E-state index in [0.29, 0.717) is 12.2 Å². The van der Waals surface area contributed by atoms with Crippen LogP contribution in [0.15, 0.2) is 24.3 Å². The van der Waals surface area contributed by atoms with Gasteiger partial charge in [-0.05, 0) is 43.9 Å². The Labute approximate surface area is 132 Å². The van der Waals surface area contributed by atoms with E-state index < -0.39 is 10.0 Å². The number of sulfonamides is 1. The van der Waals surface area contributed by atoms with Crippen molar-refractivity contribution in [2.45, 2.75) is 39.2 Å². The van der Waals surface area contributed by atoms with Crippen molar-refractivity contribution in [3.05, 3.63) is 29.8 Å². The molecule has 6 nitrogen and oxygen atoms in total. The minimum atomic E-state index is -3.24. The van der Waals surface area contributed by atoms with E-state index in [1.165, 1.54) is 0 Å². The van der Waals surface area contributed by atoms with E-state index in [0.717, 1.165) is 31.1 Å². The molecule has 1 unspecified atom stereocenters. The number of aryl methyl sites for hydroxylation is 1. The van der Waals surface area contributed by atoms with Gasteiger partial charge in [0.2, 0.25) is 10.0 Å². The van der Waals surface area contributed by atoms with Crippen LogP contribution in [0.2, 0.25) is 0 Å². The Balaban J connectivity index is 2.29. The number of hydrogen-bond acceptors (Lipinski definition) is 3. The van der Waals surface area contributed by atoms with Gasteiger partial charge in [-0.2, -0.15) is 0 Å². The molecule has 0 spiro atoms. The maximum atomic E-state index is 11.5. The van der Waals surface area contributed by atoms with Crippen molar-refractivity contribution in [3.63, 3.8) is 0 Å². The summed E-state index contributed by atoms with van der Waals surface area (Å²) in [7, 11) is -3.24. The summed E-state index contributed by atoms with van der Waals surface area (Å²) < 4.78 is 24.6. The quantitative estimate of drug-likeness (QED) is 0.639. The summed E-state index contributed by atoms with van der Waals surface area (Å²) >= 11 is 0. The topological polar surface area (TPSA) is 87.3 Å². The third-order valence-electron chi connectivity index (χ3n) is 3.17. The number of carbonyl (C=O) groups is 1. The molecular weight excluding hydrogens is 302 g/mol. The van der Waals surface area contributed by atoms with E-state index in [4.69, 9.17) is 0 Å². The molecule has 3 N–H and O–H groups in total. The highest BCUT2D eigenvalue weighted by Crippen LogP contribution is 2.11. The molecule has 0 bridgehead atoms. The smallest absolute Gasteiger partial charge is 0.314 e. The number of rotatable bonds is 8. The fourth-order valence-corrected chi connectivity index (χ4v) is 2.39. The first-order valence-electron chi connectivity index (χ1n) is 7.41. The van der Waals surface area contributed by atoms with Crippen LogP contribution >= 0.6 is 0 Å². The predicted molar refractivity (Wildman–Crippen MR) is 89.5 cm³/mol. The number of amides is 2. The van der Waals surface area contributed by atoms with Crippen LogP contribution in [0.5, 0.6) is 0 Å². The molecule has 1 aromatic rings. The van der Waals surface area contributed by atoms with Gasteiger partial charge in [-0.1, -0.05) is 19.1 Å². The first-order valence-corrected chi connectivity index (χ1v) is 9.30. The molecule has 1 aromatic carbocycles. The van der Waals surface area contributed by atoms with Crippen LogP contribution in [0.3, 0.4) is 0 Å². The van der Waals surface area contributed by atoms with E-state index in [1.54, 1.807) is 12.1 Å². The molecule has 0 heterocycles. The molecular formula is C15H25N3O3S. The molecule has 124 valence electrons. The normalized spacial score (nSPS) is 12.5. The molecule has 7 heteroatoms. The Bertz CT molecular complexity index is 570. The molecule has 0 saturated carbocycles. The second kappa shape index (κ2) is 8.63. The molecule has 0 radical (unpaired) electrons. The molecule has 0 fully saturated rings.